The lowest BCUT2D eigenvalue weighted by atomic mass is 10.2. The van der Waals surface area contributed by atoms with Crippen LogP contribution in [0.15, 0.2) is 18.2 Å². The van der Waals surface area contributed by atoms with Crippen molar-refractivity contribution in [3.05, 3.63) is 35.4 Å². The van der Waals surface area contributed by atoms with Gasteiger partial charge in [0.25, 0.3) is 0 Å². The Kier molecular flexibility index (Phi) is 4.11. The highest BCUT2D eigenvalue weighted by Crippen LogP contribution is 2.09. The summed E-state index contributed by atoms with van der Waals surface area (Å²) in [6.07, 6.45) is 0. The molecule has 0 unspecified atom stereocenters. The Labute approximate surface area is 92.7 Å². The minimum Gasteiger partial charge on any atom is -0.392 e. The molecule has 0 saturated heterocycles. The molecule has 0 heterocycles. The van der Waals surface area contributed by atoms with Gasteiger partial charge in [-0.2, -0.15) is 0 Å². The van der Waals surface area contributed by atoms with Crippen LogP contribution in [0, 0.1) is 11.6 Å². The summed E-state index contributed by atoms with van der Waals surface area (Å²) in [6.45, 7) is 0.833. The second-order valence-electron chi connectivity index (χ2n) is 3.42. The van der Waals surface area contributed by atoms with Crippen LogP contribution in [0.3, 0.4) is 0 Å². The molecule has 5 heteroatoms. The molecular formula is C10H12F2N2S. The first kappa shape index (κ1) is 12.0. The Morgan fingerprint density at radius 2 is 1.87 bits per heavy atom. The zero-order chi connectivity index (χ0) is 11.4. The highest BCUT2D eigenvalue weighted by atomic mass is 32.1. The number of hydrogen-bond donors (Lipinski definition) is 1. The maximum absolute atomic E-state index is 12.8. The van der Waals surface area contributed by atoms with Crippen molar-refractivity contribution >= 4 is 17.2 Å². The summed E-state index contributed by atoms with van der Waals surface area (Å²) in [5, 5.41) is 0. The molecule has 2 nitrogen and oxygen atoms in total. The first-order valence-corrected chi connectivity index (χ1v) is 4.80. The van der Waals surface area contributed by atoms with Crippen molar-refractivity contribution in [3.8, 4) is 0 Å². The monoisotopic (exact) mass is 230 g/mol. The summed E-state index contributed by atoms with van der Waals surface area (Å²) in [7, 11) is 1.78. The van der Waals surface area contributed by atoms with Crippen molar-refractivity contribution in [2.24, 2.45) is 5.73 Å². The number of likely N-dealkylation sites (N-methyl/N-ethyl adjacent to an activating group) is 1. The molecular weight excluding hydrogens is 218 g/mol. The van der Waals surface area contributed by atoms with Crippen LogP contribution in [-0.4, -0.2) is 23.5 Å². The number of hydrogen-bond acceptors (Lipinski definition) is 2. The van der Waals surface area contributed by atoms with E-state index in [9.17, 15) is 8.78 Å². The normalized spacial score (nSPS) is 10.7. The maximum atomic E-state index is 12.8. The van der Waals surface area contributed by atoms with Crippen molar-refractivity contribution in [2.45, 2.75) is 6.54 Å². The van der Waals surface area contributed by atoms with Crippen LogP contribution in [0.1, 0.15) is 5.56 Å². The van der Waals surface area contributed by atoms with E-state index >= 15 is 0 Å². The zero-order valence-electron chi connectivity index (χ0n) is 8.34. The number of nitrogens with zero attached hydrogens (tertiary/aromatic N) is 1. The van der Waals surface area contributed by atoms with Gasteiger partial charge in [0.05, 0.1) is 4.99 Å². The standard InChI is InChI=1S/C10H12F2N2S/c1-14(6-10(13)15)5-7-2-8(11)4-9(12)3-7/h2-4H,5-6H2,1H3,(H2,13,15). The highest BCUT2D eigenvalue weighted by Gasteiger charge is 2.04. The third-order valence-electron chi connectivity index (χ3n) is 1.80. The molecule has 0 atom stereocenters. The van der Waals surface area contributed by atoms with Crippen LogP contribution in [0.25, 0.3) is 0 Å². The third kappa shape index (κ3) is 4.31. The number of nitrogens with two attached hydrogens (primary N) is 1. The van der Waals surface area contributed by atoms with Gasteiger partial charge in [-0.3, -0.25) is 4.90 Å². The van der Waals surface area contributed by atoms with Crippen LogP contribution < -0.4 is 5.73 Å². The second-order valence-corrected chi connectivity index (χ2v) is 3.94. The minimum atomic E-state index is -0.575. The summed E-state index contributed by atoms with van der Waals surface area (Å²) in [5.41, 5.74) is 5.91. The molecule has 0 bridgehead atoms. The Hall–Kier alpha value is -1.07. The summed E-state index contributed by atoms with van der Waals surface area (Å²) >= 11 is 4.73. The summed E-state index contributed by atoms with van der Waals surface area (Å²) in [4.78, 5) is 2.14. The zero-order valence-corrected chi connectivity index (χ0v) is 9.15. The molecule has 0 aromatic heterocycles. The van der Waals surface area contributed by atoms with Gasteiger partial charge in [-0.25, -0.2) is 8.78 Å². The predicted octanol–water partition coefficient (Wildman–Crippen LogP) is 1.68. The number of halogens is 2. The van der Waals surface area contributed by atoms with Crippen LogP contribution in [-0.2, 0) is 6.54 Å². The fraction of sp³-hybridized carbons (Fsp3) is 0.300. The van der Waals surface area contributed by atoms with E-state index < -0.39 is 11.6 Å². The molecule has 2 N–H and O–H groups in total. The fourth-order valence-electron chi connectivity index (χ4n) is 1.34. The van der Waals surface area contributed by atoms with Crippen molar-refractivity contribution in [3.63, 3.8) is 0 Å². The molecule has 1 rings (SSSR count). The number of benzene rings is 1. The molecule has 82 valence electrons. The topological polar surface area (TPSA) is 29.3 Å². The van der Waals surface area contributed by atoms with Crippen molar-refractivity contribution in [1.82, 2.24) is 4.90 Å². The van der Waals surface area contributed by atoms with Crippen LogP contribution in [0.2, 0.25) is 0 Å². The summed E-state index contributed by atoms with van der Waals surface area (Å²) < 4.78 is 25.7. The van der Waals surface area contributed by atoms with Gasteiger partial charge >= 0.3 is 0 Å². The van der Waals surface area contributed by atoms with Crippen LogP contribution >= 0.6 is 12.2 Å². The third-order valence-corrected chi connectivity index (χ3v) is 1.93. The molecule has 0 fully saturated rings. The predicted molar refractivity (Wildman–Crippen MR) is 59.5 cm³/mol. The van der Waals surface area contributed by atoms with Crippen molar-refractivity contribution < 1.29 is 8.78 Å². The van der Waals surface area contributed by atoms with Crippen molar-refractivity contribution in [1.29, 1.82) is 0 Å². The van der Waals surface area contributed by atoms with E-state index in [1.54, 1.807) is 11.9 Å². The van der Waals surface area contributed by atoms with Gasteiger partial charge in [0.15, 0.2) is 0 Å². The highest BCUT2D eigenvalue weighted by molar-refractivity contribution is 7.80. The average Bonchev–Trinajstić information content (AvgIpc) is 1.98. The average molecular weight is 230 g/mol. The Morgan fingerprint density at radius 3 is 2.33 bits per heavy atom. The SMILES string of the molecule is CN(CC(N)=S)Cc1cc(F)cc(F)c1. The molecule has 0 spiro atoms. The molecule has 0 saturated carbocycles. The molecule has 0 amide bonds. The molecule has 1 aromatic rings. The largest absolute Gasteiger partial charge is 0.392 e. The molecule has 0 aliphatic carbocycles. The van der Waals surface area contributed by atoms with E-state index in [1.807, 2.05) is 0 Å². The van der Waals surface area contributed by atoms with Crippen LogP contribution in [0.5, 0.6) is 0 Å². The fourth-order valence-corrected chi connectivity index (χ4v) is 1.56. The maximum Gasteiger partial charge on any atom is 0.126 e. The molecule has 0 radical (unpaired) electrons. The lowest BCUT2D eigenvalue weighted by molar-refractivity contribution is 0.373. The Bertz CT molecular complexity index is 348. The van der Waals surface area contributed by atoms with E-state index in [0.29, 0.717) is 23.6 Å². The smallest absolute Gasteiger partial charge is 0.126 e. The lowest BCUT2D eigenvalue weighted by Crippen LogP contribution is -2.29. The quantitative estimate of drug-likeness (QED) is 0.798. The summed E-state index contributed by atoms with van der Waals surface area (Å²) in [6, 6.07) is 3.43. The Balaban J connectivity index is 2.67. The van der Waals surface area contributed by atoms with E-state index in [4.69, 9.17) is 18.0 Å². The second kappa shape index (κ2) is 5.14. The molecule has 0 aliphatic heterocycles. The van der Waals surface area contributed by atoms with Gasteiger partial charge < -0.3 is 5.73 Å². The van der Waals surface area contributed by atoms with Gasteiger partial charge in [-0.1, -0.05) is 12.2 Å². The minimum absolute atomic E-state index is 0.356. The molecule has 1 aromatic carbocycles. The summed E-state index contributed by atoms with van der Waals surface area (Å²) in [5.74, 6) is -1.15. The molecule has 0 aliphatic rings. The van der Waals surface area contributed by atoms with E-state index in [2.05, 4.69) is 0 Å². The van der Waals surface area contributed by atoms with Gasteiger partial charge in [0.1, 0.15) is 11.6 Å². The number of rotatable bonds is 4. The number of thiocarbonyl (C=S) groups is 1. The van der Waals surface area contributed by atoms with E-state index in [0.717, 1.165) is 6.07 Å². The first-order chi connectivity index (χ1) is 6.97. The van der Waals surface area contributed by atoms with Crippen LogP contribution in [0.4, 0.5) is 8.78 Å². The van der Waals surface area contributed by atoms with Gasteiger partial charge in [0.2, 0.25) is 0 Å². The van der Waals surface area contributed by atoms with E-state index in [1.165, 1.54) is 12.1 Å². The van der Waals surface area contributed by atoms with Crippen molar-refractivity contribution in [2.75, 3.05) is 13.6 Å². The first-order valence-electron chi connectivity index (χ1n) is 4.39. The lowest BCUT2D eigenvalue weighted by Gasteiger charge is -2.15. The van der Waals surface area contributed by atoms with E-state index in [-0.39, 0.29) is 0 Å². The van der Waals surface area contributed by atoms with Gasteiger partial charge in [-0.05, 0) is 24.7 Å². The van der Waals surface area contributed by atoms with Gasteiger partial charge in [0, 0.05) is 19.2 Å². The van der Waals surface area contributed by atoms with Gasteiger partial charge in [-0.15, -0.1) is 0 Å². The Morgan fingerprint density at radius 1 is 1.33 bits per heavy atom. The molecule has 15 heavy (non-hydrogen) atoms.